The third-order valence-corrected chi connectivity index (χ3v) is 8.42. The third kappa shape index (κ3) is 4.44. The van der Waals surface area contributed by atoms with Gasteiger partial charge in [0.15, 0.2) is 0 Å². The molecule has 3 aliphatic rings. The summed E-state index contributed by atoms with van der Waals surface area (Å²) in [6, 6.07) is 8.32. The number of rotatable bonds is 6. The predicted molar refractivity (Wildman–Crippen MR) is 131 cm³/mol. The van der Waals surface area contributed by atoms with Gasteiger partial charge in [0.25, 0.3) is 0 Å². The molecule has 2 fully saturated rings. The zero-order valence-electron chi connectivity index (χ0n) is 20.4. The molecule has 0 atom stereocenters. The quantitative estimate of drug-likeness (QED) is 0.446. The highest BCUT2D eigenvalue weighted by atomic mass is 19.4. The second kappa shape index (κ2) is 8.98. The Bertz CT molecular complexity index is 1290. The Morgan fingerprint density at radius 2 is 1.81 bits per heavy atom. The summed E-state index contributed by atoms with van der Waals surface area (Å²) in [5.74, 6) is 1.18. The van der Waals surface area contributed by atoms with E-state index < -0.39 is 11.6 Å². The second-order valence-corrected chi connectivity index (χ2v) is 10.9. The maximum Gasteiger partial charge on any atom is 0.395 e. The zero-order chi connectivity index (χ0) is 24.9. The van der Waals surface area contributed by atoms with E-state index in [1.807, 2.05) is 23.4 Å². The maximum absolute atomic E-state index is 13.3. The number of hydrogen-bond donors (Lipinski definition) is 0. The summed E-state index contributed by atoms with van der Waals surface area (Å²) in [5, 5.41) is 2.08. The van der Waals surface area contributed by atoms with Crippen LogP contribution in [0.15, 0.2) is 36.7 Å². The van der Waals surface area contributed by atoms with Crippen molar-refractivity contribution in [1.29, 1.82) is 0 Å². The first kappa shape index (κ1) is 23.6. The SMILES string of the molecule is O=C(Cc1cc2cc(-c3cnc4n3CCCC4)ccc2cn1)C1CCN(CC2(C(F)(F)F)CC2)CC1. The van der Waals surface area contributed by atoms with Crippen molar-refractivity contribution < 1.29 is 18.0 Å². The first-order valence-electron chi connectivity index (χ1n) is 13.1. The number of likely N-dealkylation sites (tertiary alicyclic amines) is 1. The molecular formula is C28H31F3N4O. The molecule has 1 aliphatic carbocycles. The van der Waals surface area contributed by atoms with Crippen molar-refractivity contribution in [1.82, 2.24) is 19.4 Å². The number of Topliss-reactive ketones (excluding diaryl/α,β-unsaturated/α-hetero) is 1. The number of carbonyl (C=O) groups is 1. The highest BCUT2D eigenvalue weighted by Crippen LogP contribution is 2.58. The Morgan fingerprint density at radius 3 is 2.56 bits per heavy atom. The standard InChI is InChI=1S/C28H31F3N4O/c29-28(30,31)27(8-9-27)18-34-11-6-19(7-12-34)25(36)15-23-14-22-13-20(4-5-21(22)16-32-23)24-17-33-26-3-1-2-10-35(24)26/h4-5,13-14,16-17,19H,1-3,6-12,15,18H2. The molecule has 0 spiro atoms. The van der Waals surface area contributed by atoms with E-state index in [2.05, 4.69) is 32.7 Å². The van der Waals surface area contributed by atoms with Gasteiger partial charge >= 0.3 is 6.18 Å². The first-order valence-corrected chi connectivity index (χ1v) is 13.1. The Hall–Kier alpha value is -2.74. The molecule has 36 heavy (non-hydrogen) atoms. The fourth-order valence-corrected chi connectivity index (χ4v) is 5.94. The maximum atomic E-state index is 13.3. The summed E-state index contributed by atoms with van der Waals surface area (Å²) in [6.45, 7) is 2.18. The molecule has 1 saturated heterocycles. The molecule has 0 radical (unpaired) electrons. The number of fused-ring (bicyclic) bond motifs is 2. The van der Waals surface area contributed by atoms with Crippen molar-refractivity contribution in [3.63, 3.8) is 0 Å². The molecule has 190 valence electrons. The van der Waals surface area contributed by atoms with Gasteiger partial charge in [-0.3, -0.25) is 9.78 Å². The van der Waals surface area contributed by atoms with Gasteiger partial charge in [0.05, 0.1) is 17.3 Å². The van der Waals surface area contributed by atoms with Crippen molar-refractivity contribution in [2.45, 2.75) is 64.1 Å². The largest absolute Gasteiger partial charge is 0.395 e. The molecule has 0 bridgehead atoms. The van der Waals surface area contributed by atoms with Crippen LogP contribution in [-0.4, -0.2) is 51.0 Å². The molecular weight excluding hydrogens is 465 g/mol. The number of ketones is 1. The molecule has 0 unspecified atom stereocenters. The topological polar surface area (TPSA) is 51.0 Å². The molecule has 3 aromatic rings. The smallest absolute Gasteiger partial charge is 0.328 e. The van der Waals surface area contributed by atoms with E-state index in [1.54, 1.807) is 0 Å². The van der Waals surface area contributed by atoms with Crippen LogP contribution in [0.1, 0.15) is 50.0 Å². The summed E-state index contributed by atoms with van der Waals surface area (Å²) >= 11 is 0. The van der Waals surface area contributed by atoms with Crippen LogP contribution in [-0.2, 0) is 24.2 Å². The second-order valence-electron chi connectivity index (χ2n) is 10.9. The average Bonchev–Trinajstić information content (AvgIpc) is 3.54. The van der Waals surface area contributed by atoms with Gasteiger partial charge in [-0.15, -0.1) is 0 Å². The number of imidazole rings is 1. The van der Waals surface area contributed by atoms with Crippen molar-refractivity contribution >= 4 is 16.6 Å². The zero-order valence-corrected chi connectivity index (χ0v) is 20.4. The summed E-state index contributed by atoms with van der Waals surface area (Å²) in [4.78, 5) is 24.1. The van der Waals surface area contributed by atoms with E-state index in [0.29, 0.717) is 25.9 Å². The van der Waals surface area contributed by atoms with Gasteiger partial charge < -0.3 is 9.47 Å². The lowest BCUT2D eigenvalue weighted by Crippen LogP contribution is -2.43. The number of aryl methyl sites for hydroxylation is 1. The van der Waals surface area contributed by atoms with E-state index in [9.17, 15) is 18.0 Å². The minimum absolute atomic E-state index is 0.0758. The van der Waals surface area contributed by atoms with Gasteiger partial charge in [0.1, 0.15) is 11.6 Å². The molecule has 2 aromatic heterocycles. The monoisotopic (exact) mass is 496 g/mol. The molecule has 6 rings (SSSR count). The van der Waals surface area contributed by atoms with Gasteiger partial charge in [-0.1, -0.05) is 12.1 Å². The molecule has 8 heteroatoms. The first-order chi connectivity index (χ1) is 17.3. The Kier molecular flexibility index (Phi) is 5.90. The fourth-order valence-electron chi connectivity index (χ4n) is 5.94. The van der Waals surface area contributed by atoms with E-state index in [0.717, 1.165) is 46.5 Å². The molecule has 1 saturated carbocycles. The summed E-state index contributed by atoms with van der Waals surface area (Å²) in [6.07, 6.45) is 4.99. The van der Waals surface area contributed by atoms with E-state index in [4.69, 9.17) is 0 Å². The number of halogens is 3. The lowest BCUT2D eigenvalue weighted by Gasteiger charge is -2.34. The number of nitrogens with zero attached hydrogens (tertiary/aromatic N) is 4. The van der Waals surface area contributed by atoms with Crippen molar-refractivity contribution in [2.24, 2.45) is 11.3 Å². The number of carbonyl (C=O) groups excluding carboxylic acids is 1. The molecule has 4 heterocycles. The number of hydrogen-bond acceptors (Lipinski definition) is 4. The van der Waals surface area contributed by atoms with Crippen LogP contribution >= 0.6 is 0 Å². The van der Waals surface area contributed by atoms with Crippen LogP contribution in [0.25, 0.3) is 22.0 Å². The third-order valence-electron chi connectivity index (χ3n) is 8.42. The van der Waals surface area contributed by atoms with E-state index >= 15 is 0 Å². The van der Waals surface area contributed by atoms with Gasteiger partial charge in [0.2, 0.25) is 0 Å². The Balaban J connectivity index is 1.11. The van der Waals surface area contributed by atoms with Gasteiger partial charge in [-0.2, -0.15) is 13.2 Å². The molecule has 5 nitrogen and oxygen atoms in total. The minimum atomic E-state index is -4.13. The summed E-state index contributed by atoms with van der Waals surface area (Å²) < 4.78 is 42.2. The van der Waals surface area contributed by atoms with Crippen molar-refractivity contribution in [2.75, 3.05) is 19.6 Å². The molecule has 2 aliphatic heterocycles. The number of piperidine rings is 1. The normalized spacial score (nSPS) is 20.4. The van der Waals surface area contributed by atoms with Crippen molar-refractivity contribution in [3.05, 3.63) is 48.2 Å². The van der Waals surface area contributed by atoms with Crippen LogP contribution in [0.3, 0.4) is 0 Å². The number of alkyl halides is 3. The summed E-state index contributed by atoms with van der Waals surface area (Å²) in [7, 11) is 0. The van der Waals surface area contributed by atoms with Crippen molar-refractivity contribution in [3.8, 4) is 11.3 Å². The van der Waals surface area contributed by atoms with Gasteiger partial charge in [0, 0.05) is 54.7 Å². The molecule has 0 amide bonds. The number of aromatic nitrogens is 3. The Morgan fingerprint density at radius 1 is 1.00 bits per heavy atom. The van der Waals surface area contributed by atoms with Gasteiger partial charge in [-0.25, -0.2) is 4.98 Å². The minimum Gasteiger partial charge on any atom is -0.328 e. The van der Waals surface area contributed by atoms with E-state index in [-0.39, 0.29) is 37.5 Å². The molecule has 1 aromatic carbocycles. The lowest BCUT2D eigenvalue weighted by atomic mass is 9.89. The van der Waals surface area contributed by atoms with Crippen LogP contribution < -0.4 is 0 Å². The molecule has 0 N–H and O–H groups in total. The lowest BCUT2D eigenvalue weighted by molar-refractivity contribution is -0.192. The highest BCUT2D eigenvalue weighted by Gasteiger charge is 2.63. The van der Waals surface area contributed by atoms with Gasteiger partial charge in [-0.05, 0) is 69.1 Å². The number of pyridine rings is 1. The fraction of sp³-hybridized carbons (Fsp3) is 0.536. The summed E-state index contributed by atoms with van der Waals surface area (Å²) in [5.41, 5.74) is 1.49. The Labute approximate surface area is 208 Å². The van der Waals surface area contributed by atoms with Crippen LogP contribution in [0.5, 0.6) is 0 Å². The van der Waals surface area contributed by atoms with E-state index in [1.165, 1.54) is 12.8 Å². The van der Waals surface area contributed by atoms with Crippen LogP contribution in [0, 0.1) is 11.3 Å². The van der Waals surface area contributed by atoms with Crippen LogP contribution in [0.4, 0.5) is 13.2 Å². The van der Waals surface area contributed by atoms with Crippen LogP contribution in [0.2, 0.25) is 0 Å². The average molecular weight is 497 g/mol. The highest BCUT2D eigenvalue weighted by molar-refractivity contribution is 5.88. The predicted octanol–water partition coefficient (Wildman–Crippen LogP) is 5.60. The number of benzene rings is 1.